The molecule has 0 atom stereocenters. The zero-order chi connectivity index (χ0) is 8.55. The average Bonchev–Trinajstić information content (AvgIpc) is 2.24. The van der Waals surface area contributed by atoms with Crippen molar-refractivity contribution in [2.24, 2.45) is 7.05 Å². The number of aromatic nitrogens is 2. The van der Waals surface area contributed by atoms with Gasteiger partial charge in [-0.3, -0.25) is 4.68 Å². The summed E-state index contributed by atoms with van der Waals surface area (Å²) in [6.45, 7) is 3.89. The zero-order valence-corrected chi connectivity index (χ0v) is 7.37. The molecule has 1 aromatic heterocycles. The van der Waals surface area contributed by atoms with Crippen molar-refractivity contribution in [2.75, 3.05) is 13.1 Å². The van der Waals surface area contributed by atoms with Crippen LogP contribution in [0.1, 0.15) is 5.69 Å². The molecule has 2 heterocycles. The molecule has 1 saturated heterocycles. The molecule has 4 nitrogen and oxygen atoms in total. The highest BCUT2D eigenvalue weighted by atomic mass is 16.5. The number of hydrogen-bond donors (Lipinski definition) is 1. The van der Waals surface area contributed by atoms with Crippen LogP contribution in [0.5, 0.6) is 5.88 Å². The lowest BCUT2D eigenvalue weighted by molar-refractivity contribution is 0.135. The Kier molecular flexibility index (Phi) is 1.77. The van der Waals surface area contributed by atoms with Gasteiger partial charge in [-0.1, -0.05) is 0 Å². The average molecular weight is 167 g/mol. The molecule has 1 aromatic rings. The van der Waals surface area contributed by atoms with E-state index in [1.165, 1.54) is 0 Å². The van der Waals surface area contributed by atoms with Crippen LogP contribution in [0.25, 0.3) is 0 Å². The van der Waals surface area contributed by atoms with Gasteiger partial charge in [-0.15, -0.1) is 5.10 Å². The molecule has 0 bridgehead atoms. The summed E-state index contributed by atoms with van der Waals surface area (Å²) in [5.74, 6) is 0.738. The quantitative estimate of drug-likeness (QED) is 0.678. The highest BCUT2D eigenvalue weighted by molar-refractivity contribution is 5.14. The number of aryl methyl sites for hydroxylation is 2. The van der Waals surface area contributed by atoms with Gasteiger partial charge in [0, 0.05) is 31.9 Å². The first kappa shape index (κ1) is 7.61. The van der Waals surface area contributed by atoms with Gasteiger partial charge in [-0.05, 0) is 6.92 Å². The minimum absolute atomic E-state index is 0.319. The SMILES string of the molecule is Cc1cc(OC2CNC2)nn1C. The van der Waals surface area contributed by atoms with Gasteiger partial charge in [0.25, 0.3) is 0 Å². The Morgan fingerprint density at radius 3 is 2.83 bits per heavy atom. The third-order valence-electron chi connectivity index (χ3n) is 2.12. The number of nitrogens with zero attached hydrogens (tertiary/aromatic N) is 2. The van der Waals surface area contributed by atoms with E-state index in [0.717, 1.165) is 24.7 Å². The van der Waals surface area contributed by atoms with Crippen LogP contribution in [0.15, 0.2) is 6.07 Å². The first-order valence-electron chi connectivity index (χ1n) is 4.14. The van der Waals surface area contributed by atoms with E-state index >= 15 is 0 Å². The van der Waals surface area contributed by atoms with E-state index in [1.54, 1.807) is 0 Å². The van der Waals surface area contributed by atoms with Crippen LogP contribution in [0.3, 0.4) is 0 Å². The summed E-state index contributed by atoms with van der Waals surface area (Å²) in [5, 5.41) is 7.34. The lowest BCUT2D eigenvalue weighted by Gasteiger charge is -2.26. The van der Waals surface area contributed by atoms with E-state index in [-0.39, 0.29) is 0 Å². The normalized spacial score (nSPS) is 17.5. The molecule has 4 heteroatoms. The highest BCUT2D eigenvalue weighted by Gasteiger charge is 2.19. The van der Waals surface area contributed by atoms with E-state index in [9.17, 15) is 0 Å². The van der Waals surface area contributed by atoms with Crippen LogP contribution >= 0.6 is 0 Å². The molecule has 0 aromatic carbocycles. The second-order valence-electron chi connectivity index (χ2n) is 3.15. The molecule has 2 rings (SSSR count). The molecule has 0 saturated carbocycles. The maximum atomic E-state index is 5.56. The summed E-state index contributed by atoms with van der Waals surface area (Å²) in [6, 6.07) is 1.96. The standard InChI is InChI=1S/C8H13N3O/c1-6-3-8(10-11(6)2)12-7-4-9-5-7/h3,7,9H,4-5H2,1-2H3. The topological polar surface area (TPSA) is 39.1 Å². The minimum Gasteiger partial charge on any atom is -0.471 e. The van der Waals surface area contributed by atoms with Gasteiger partial charge in [0.15, 0.2) is 0 Å². The van der Waals surface area contributed by atoms with E-state index in [4.69, 9.17) is 4.74 Å². The third kappa shape index (κ3) is 1.30. The van der Waals surface area contributed by atoms with Gasteiger partial charge in [-0.2, -0.15) is 0 Å². The van der Waals surface area contributed by atoms with Crippen molar-refractivity contribution in [1.82, 2.24) is 15.1 Å². The Morgan fingerprint density at radius 1 is 1.67 bits per heavy atom. The third-order valence-corrected chi connectivity index (χ3v) is 2.12. The van der Waals surface area contributed by atoms with Crippen molar-refractivity contribution in [3.63, 3.8) is 0 Å². The summed E-state index contributed by atoms with van der Waals surface area (Å²) in [6.07, 6.45) is 0.319. The predicted octanol–water partition coefficient (Wildman–Crippen LogP) is 0.0791. The van der Waals surface area contributed by atoms with Crippen LogP contribution in [-0.2, 0) is 7.05 Å². The fourth-order valence-electron chi connectivity index (χ4n) is 1.10. The maximum absolute atomic E-state index is 5.56. The smallest absolute Gasteiger partial charge is 0.233 e. The molecule has 0 unspecified atom stereocenters. The van der Waals surface area contributed by atoms with Crippen molar-refractivity contribution in [3.05, 3.63) is 11.8 Å². The van der Waals surface area contributed by atoms with Crippen LogP contribution in [0, 0.1) is 6.92 Å². The first-order valence-corrected chi connectivity index (χ1v) is 4.14. The molecule has 1 fully saturated rings. The molecular formula is C8H13N3O. The minimum atomic E-state index is 0.319. The van der Waals surface area contributed by atoms with Gasteiger partial charge >= 0.3 is 0 Å². The van der Waals surface area contributed by atoms with E-state index < -0.39 is 0 Å². The van der Waals surface area contributed by atoms with Crippen molar-refractivity contribution in [1.29, 1.82) is 0 Å². The van der Waals surface area contributed by atoms with Crippen molar-refractivity contribution >= 4 is 0 Å². The highest BCUT2D eigenvalue weighted by Crippen LogP contribution is 2.12. The molecule has 12 heavy (non-hydrogen) atoms. The molecule has 0 amide bonds. The van der Waals surface area contributed by atoms with E-state index in [1.807, 2.05) is 24.7 Å². The van der Waals surface area contributed by atoms with Crippen molar-refractivity contribution < 1.29 is 4.74 Å². The number of nitrogens with one attached hydrogen (secondary N) is 1. The number of rotatable bonds is 2. The fourth-order valence-corrected chi connectivity index (χ4v) is 1.10. The largest absolute Gasteiger partial charge is 0.471 e. The molecule has 1 N–H and O–H groups in total. The van der Waals surface area contributed by atoms with Crippen LogP contribution < -0.4 is 10.1 Å². The molecule has 1 aliphatic rings. The van der Waals surface area contributed by atoms with E-state index in [2.05, 4.69) is 10.4 Å². The summed E-state index contributed by atoms with van der Waals surface area (Å²) < 4.78 is 7.38. The predicted molar refractivity (Wildman–Crippen MR) is 45.2 cm³/mol. The molecular weight excluding hydrogens is 154 g/mol. The van der Waals surface area contributed by atoms with Crippen LogP contribution in [0.4, 0.5) is 0 Å². The Labute approximate surface area is 71.5 Å². The molecule has 0 spiro atoms. The summed E-state index contributed by atoms with van der Waals surface area (Å²) in [5.41, 5.74) is 1.12. The first-order chi connectivity index (χ1) is 5.75. The summed E-state index contributed by atoms with van der Waals surface area (Å²) >= 11 is 0. The summed E-state index contributed by atoms with van der Waals surface area (Å²) in [7, 11) is 1.92. The number of hydrogen-bond acceptors (Lipinski definition) is 3. The van der Waals surface area contributed by atoms with Crippen LogP contribution in [0.2, 0.25) is 0 Å². The Balaban J connectivity index is 2.02. The fraction of sp³-hybridized carbons (Fsp3) is 0.625. The molecule has 1 aliphatic heterocycles. The van der Waals surface area contributed by atoms with Gasteiger partial charge in [-0.25, -0.2) is 0 Å². The van der Waals surface area contributed by atoms with Gasteiger partial charge in [0.2, 0.25) is 5.88 Å². The number of ether oxygens (including phenoxy) is 1. The van der Waals surface area contributed by atoms with Gasteiger partial charge in [0.05, 0.1) is 0 Å². The second kappa shape index (κ2) is 2.79. The van der Waals surface area contributed by atoms with Crippen LogP contribution in [-0.4, -0.2) is 29.0 Å². The van der Waals surface area contributed by atoms with Crippen molar-refractivity contribution in [3.8, 4) is 5.88 Å². The Bertz CT molecular complexity index is 258. The summed E-state index contributed by atoms with van der Waals surface area (Å²) in [4.78, 5) is 0. The zero-order valence-electron chi connectivity index (χ0n) is 7.37. The lowest BCUT2D eigenvalue weighted by atomic mass is 10.2. The Hall–Kier alpha value is -1.03. The van der Waals surface area contributed by atoms with Gasteiger partial charge < -0.3 is 10.1 Å². The lowest BCUT2D eigenvalue weighted by Crippen LogP contribution is -2.50. The Morgan fingerprint density at radius 2 is 2.42 bits per heavy atom. The monoisotopic (exact) mass is 167 g/mol. The molecule has 0 radical (unpaired) electrons. The second-order valence-corrected chi connectivity index (χ2v) is 3.15. The molecule has 0 aliphatic carbocycles. The van der Waals surface area contributed by atoms with Gasteiger partial charge in [0.1, 0.15) is 6.10 Å². The van der Waals surface area contributed by atoms with E-state index in [0.29, 0.717) is 6.10 Å². The molecule has 66 valence electrons. The maximum Gasteiger partial charge on any atom is 0.233 e. The van der Waals surface area contributed by atoms with Crippen molar-refractivity contribution in [2.45, 2.75) is 13.0 Å².